The van der Waals surface area contributed by atoms with Gasteiger partial charge in [-0.2, -0.15) is 0 Å². The number of hydrogen-bond donors (Lipinski definition) is 1. The van der Waals surface area contributed by atoms with E-state index in [9.17, 15) is 4.79 Å². The molecule has 0 aromatic heterocycles. The van der Waals surface area contributed by atoms with Gasteiger partial charge in [-0.3, -0.25) is 4.90 Å². The topological polar surface area (TPSA) is 54.0 Å². The van der Waals surface area contributed by atoms with E-state index in [4.69, 9.17) is 9.47 Å². The van der Waals surface area contributed by atoms with Crippen molar-refractivity contribution >= 4 is 6.09 Å². The molecule has 3 atom stereocenters. The molecule has 6 heteroatoms. The van der Waals surface area contributed by atoms with E-state index in [0.29, 0.717) is 12.1 Å². The van der Waals surface area contributed by atoms with Gasteiger partial charge in [0.15, 0.2) is 0 Å². The van der Waals surface area contributed by atoms with E-state index < -0.39 is 5.60 Å². The molecule has 3 aliphatic rings. The molecule has 3 saturated heterocycles. The first kappa shape index (κ1) is 18.0. The van der Waals surface area contributed by atoms with Gasteiger partial charge in [-0.15, -0.1) is 0 Å². The van der Waals surface area contributed by atoms with Crippen molar-refractivity contribution in [3.8, 4) is 0 Å². The zero-order chi connectivity index (χ0) is 17.2. The lowest BCUT2D eigenvalue weighted by molar-refractivity contribution is -0.0487. The molecule has 3 heterocycles. The number of rotatable bonds is 3. The SMILES string of the molecule is CC(C)(C)OC(=O)N1CCCC(NCC2CN3CCCC3CO2)C1. The highest BCUT2D eigenvalue weighted by Gasteiger charge is 2.33. The molecule has 3 aliphatic heterocycles. The predicted octanol–water partition coefficient (Wildman–Crippen LogP) is 1.84. The van der Waals surface area contributed by atoms with Crippen LogP contribution in [0.2, 0.25) is 0 Å². The number of amides is 1. The van der Waals surface area contributed by atoms with Gasteiger partial charge >= 0.3 is 6.09 Å². The fourth-order valence-electron chi connectivity index (χ4n) is 3.94. The van der Waals surface area contributed by atoms with Crippen molar-refractivity contribution in [2.75, 3.05) is 39.3 Å². The molecule has 0 radical (unpaired) electrons. The number of nitrogens with one attached hydrogen (secondary N) is 1. The Morgan fingerprint density at radius 3 is 2.79 bits per heavy atom. The first-order valence-electron chi connectivity index (χ1n) is 9.48. The minimum Gasteiger partial charge on any atom is -0.444 e. The second-order valence-electron chi connectivity index (χ2n) is 8.42. The molecule has 1 amide bonds. The summed E-state index contributed by atoms with van der Waals surface area (Å²) in [5, 5.41) is 3.62. The Morgan fingerprint density at radius 2 is 2.00 bits per heavy atom. The summed E-state index contributed by atoms with van der Waals surface area (Å²) in [6.07, 6.45) is 4.81. The first-order valence-corrected chi connectivity index (χ1v) is 9.48. The van der Waals surface area contributed by atoms with Crippen LogP contribution in [-0.2, 0) is 9.47 Å². The molecule has 1 N–H and O–H groups in total. The van der Waals surface area contributed by atoms with Crippen LogP contribution >= 0.6 is 0 Å². The number of piperidine rings is 1. The second kappa shape index (κ2) is 7.58. The highest BCUT2D eigenvalue weighted by Crippen LogP contribution is 2.22. The number of hydrogen-bond acceptors (Lipinski definition) is 5. The van der Waals surface area contributed by atoms with E-state index >= 15 is 0 Å². The Balaban J connectivity index is 1.41. The van der Waals surface area contributed by atoms with Gasteiger partial charge in [0.25, 0.3) is 0 Å². The van der Waals surface area contributed by atoms with Gasteiger partial charge in [0.2, 0.25) is 0 Å². The lowest BCUT2D eigenvalue weighted by Gasteiger charge is -2.38. The molecular formula is C18H33N3O3. The van der Waals surface area contributed by atoms with E-state index in [0.717, 1.165) is 45.6 Å². The fourth-order valence-corrected chi connectivity index (χ4v) is 3.94. The van der Waals surface area contributed by atoms with Crippen molar-refractivity contribution in [1.82, 2.24) is 15.1 Å². The van der Waals surface area contributed by atoms with Crippen LogP contribution in [-0.4, -0.2) is 79.0 Å². The molecule has 138 valence electrons. The summed E-state index contributed by atoms with van der Waals surface area (Å²) < 4.78 is 11.5. The van der Waals surface area contributed by atoms with E-state index in [1.54, 1.807) is 0 Å². The Morgan fingerprint density at radius 1 is 1.21 bits per heavy atom. The van der Waals surface area contributed by atoms with Crippen molar-refractivity contribution in [3.05, 3.63) is 0 Å². The zero-order valence-corrected chi connectivity index (χ0v) is 15.4. The van der Waals surface area contributed by atoms with Gasteiger partial charge in [-0.25, -0.2) is 4.79 Å². The molecule has 6 nitrogen and oxygen atoms in total. The highest BCUT2D eigenvalue weighted by molar-refractivity contribution is 5.68. The van der Waals surface area contributed by atoms with Gasteiger partial charge in [0.05, 0.1) is 12.7 Å². The maximum atomic E-state index is 12.2. The second-order valence-corrected chi connectivity index (χ2v) is 8.42. The number of morpholine rings is 1. The number of carbonyl (C=O) groups excluding carboxylic acids is 1. The summed E-state index contributed by atoms with van der Waals surface area (Å²) in [7, 11) is 0. The molecule has 0 bridgehead atoms. The molecule has 3 rings (SSSR count). The van der Waals surface area contributed by atoms with E-state index in [2.05, 4.69) is 10.2 Å². The number of likely N-dealkylation sites (tertiary alicyclic amines) is 1. The zero-order valence-electron chi connectivity index (χ0n) is 15.4. The molecule has 3 unspecified atom stereocenters. The van der Waals surface area contributed by atoms with Crippen LogP contribution in [0.3, 0.4) is 0 Å². The van der Waals surface area contributed by atoms with Crippen LogP contribution in [0.25, 0.3) is 0 Å². The number of carbonyl (C=O) groups is 1. The first-order chi connectivity index (χ1) is 11.4. The van der Waals surface area contributed by atoms with Crippen LogP contribution in [0.15, 0.2) is 0 Å². The van der Waals surface area contributed by atoms with Gasteiger partial charge in [-0.05, 0) is 53.0 Å². The number of fused-ring (bicyclic) bond motifs is 1. The summed E-state index contributed by atoms with van der Waals surface area (Å²) >= 11 is 0. The van der Waals surface area contributed by atoms with Crippen LogP contribution in [0, 0.1) is 0 Å². The van der Waals surface area contributed by atoms with Gasteiger partial charge in [0.1, 0.15) is 5.60 Å². The highest BCUT2D eigenvalue weighted by atomic mass is 16.6. The maximum absolute atomic E-state index is 12.2. The van der Waals surface area contributed by atoms with Gasteiger partial charge in [-0.1, -0.05) is 0 Å². The lowest BCUT2D eigenvalue weighted by Crippen LogP contribution is -2.54. The van der Waals surface area contributed by atoms with Gasteiger partial charge < -0.3 is 19.7 Å². The van der Waals surface area contributed by atoms with Crippen molar-refractivity contribution in [3.63, 3.8) is 0 Å². The molecule has 0 saturated carbocycles. The van der Waals surface area contributed by atoms with Crippen molar-refractivity contribution < 1.29 is 14.3 Å². The van der Waals surface area contributed by atoms with Crippen LogP contribution in [0.4, 0.5) is 4.79 Å². The molecule has 3 fully saturated rings. The van der Waals surface area contributed by atoms with Gasteiger partial charge in [0, 0.05) is 38.3 Å². The van der Waals surface area contributed by atoms with Crippen LogP contribution < -0.4 is 5.32 Å². The molecule has 24 heavy (non-hydrogen) atoms. The molecular weight excluding hydrogens is 306 g/mol. The molecule has 0 aromatic rings. The maximum Gasteiger partial charge on any atom is 0.410 e. The van der Waals surface area contributed by atoms with Crippen molar-refractivity contribution in [2.45, 2.75) is 70.2 Å². The summed E-state index contributed by atoms with van der Waals surface area (Å²) in [5.74, 6) is 0. The fraction of sp³-hybridized carbons (Fsp3) is 0.944. The van der Waals surface area contributed by atoms with E-state index in [1.807, 2.05) is 25.7 Å². The van der Waals surface area contributed by atoms with Crippen molar-refractivity contribution in [1.29, 1.82) is 0 Å². The summed E-state index contributed by atoms with van der Waals surface area (Å²) in [5.41, 5.74) is -0.431. The summed E-state index contributed by atoms with van der Waals surface area (Å²) in [4.78, 5) is 16.6. The standard InChI is InChI=1S/C18H33N3O3/c1-18(2,3)24-17(22)21-9-4-6-14(11-21)19-10-16-12-20-8-5-7-15(20)13-23-16/h14-16,19H,4-13H2,1-3H3. The largest absolute Gasteiger partial charge is 0.444 e. The monoisotopic (exact) mass is 339 g/mol. The minimum atomic E-state index is -0.431. The smallest absolute Gasteiger partial charge is 0.410 e. The number of nitrogens with zero attached hydrogens (tertiary/aromatic N) is 2. The molecule has 0 aliphatic carbocycles. The number of ether oxygens (including phenoxy) is 2. The Bertz CT molecular complexity index is 438. The van der Waals surface area contributed by atoms with Crippen LogP contribution in [0.5, 0.6) is 0 Å². The third kappa shape index (κ3) is 4.83. The summed E-state index contributed by atoms with van der Waals surface area (Å²) in [6, 6.07) is 0.991. The van der Waals surface area contributed by atoms with Crippen molar-refractivity contribution in [2.24, 2.45) is 0 Å². The van der Waals surface area contributed by atoms with Crippen LogP contribution in [0.1, 0.15) is 46.5 Å². The minimum absolute atomic E-state index is 0.192. The van der Waals surface area contributed by atoms with E-state index in [-0.39, 0.29) is 12.2 Å². The molecule has 0 spiro atoms. The molecule has 0 aromatic carbocycles. The Kier molecular flexibility index (Phi) is 5.67. The average molecular weight is 339 g/mol. The van der Waals surface area contributed by atoms with E-state index in [1.165, 1.54) is 19.4 Å². The Labute approximate surface area is 145 Å². The quantitative estimate of drug-likeness (QED) is 0.850. The third-order valence-corrected chi connectivity index (χ3v) is 5.17. The Hall–Kier alpha value is -0.850. The predicted molar refractivity (Wildman–Crippen MR) is 93.2 cm³/mol. The normalized spacial score (nSPS) is 31.8. The third-order valence-electron chi connectivity index (χ3n) is 5.17. The summed E-state index contributed by atoms with van der Waals surface area (Å²) in [6.45, 7) is 11.3. The average Bonchev–Trinajstić information content (AvgIpc) is 2.99. The lowest BCUT2D eigenvalue weighted by atomic mass is 10.1.